The minimum absolute atomic E-state index is 0.0790. The number of nitrogens with one attached hydrogen (secondary N) is 4. The summed E-state index contributed by atoms with van der Waals surface area (Å²) < 4.78 is 18.8. The number of para-hydroxylation sites is 2. The predicted octanol–water partition coefficient (Wildman–Crippen LogP) is 4.14. The number of nitrogens with zero attached hydrogens (tertiary/aromatic N) is 1. The standard InChI is InChI=1S/C21H20FN5O2/c1-29-14-8-6-13(7-9-14)10-18(20-24-16-4-2-3-5-17(16)25-20)26-21(28)27-19-12-23-11-15(19)22/h2-9,11-12,18,23H,10H2,1H3,(H,24,25)(H2,26,27,28)/t18-/m1/s1. The lowest BCUT2D eigenvalue weighted by Gasteiger charge is -2.17. The minimum Gasteiger partial charge on any atom is -0.497 e. The molecule has 2 aromatic heterocycles. The molecule has 0 fully saturated rings. The van der Waals surface area contributed by atoms with Gasteiger partial charge in [0, 0.05) is 12.4 Å². The number of carbonyl (C=O) groups excluding carboxylic acids is 1. The molecule has 0 unspecified atom stereocenters. The molecule has 0 bridgehead atoms. The Bertz CT molecular complexity index is 1090. The number of ether oxygens (including phenoxy) is 1. The maximum atomic E-state index is 13.6. The number of halogens is 1. The summed E-state index contributed by atoms with van der Waals surface area (Å²) in [6, 6.07) is 14.2. The second kappa shape index (κ2) is 8.05. The van der Waals surface area contributed by atoms with Crippen LogP contribution in [0.25, 0.3) is 11.0 Å². The van der Waals surface area contributed by atoms with Crippen molar-refractivity contribution in [1.29, 1.82) is 0 Å². The van der Waals surface area contributed by atoms with Gasteiger partial charge in [0.15, 0.2) is 5.82 Å². The predicted molar refractivity (Wildman–Crippen MR) is 108 cm³/mol. The second-order valence-corrected chi connectivity index (χ2v) is 6.56. The van der Waals surface area contributed by atoms with Crippen LogP contribution in [0.5, 0.6) is 5.75 Å². The first kappa shape index (κ1) is 18.5. The number of hydrogen-bond acceptors (Lipinski definition) is 3. The van der Waals surface area contributed by atoms with E-state index in [1.54, 1.807) is 7.11 Å². The van der Waals surface area contributed by atoms with Gasteiger partial charge in [0.25, 0.3) is 0 Å². The number of rotatable bonds is 6. The highest BCUT2D eigenvalue weighted by molar-refractivity contribution is 5.89. The van der Waals surface area contributed by atoms with E-state index in [2.05, 4.69) is 25.6 Å². The number of anilines is 1. The molecule has 1 atom stereocenters. The van der Waals surface area contributed by atoms with Crippen LogP contribution in [0, 0.1) is 5.82 Å². The van der Waals surface area contributed by atoms with Crippen molar-refractivity contribution in [1.82, 2.24) is 20.3 Å². The van der Waals surface area contributed by atoms with Crippen LogP contribution in [-0.4, -0.2) is 28.1 Å². The number of aromatic amines is 2. The van der Waals surface area contributed by atoms with Crippen molar-refractivity contribution in [2.75, 3.05) is 12.4 Å². The first-order valence-corrected chi connectivity index (χ1v) is 9.10. The van der Waals surface area contributed by atoms with Crippen molar-refractivity contribution >= 4 is 22.8 Å². The summed E-state index contributed by atoms with van der Waals surface area (Å²) in [5, 5.41) is 5.39. The zero-order valence-corrected chi connectivity index (χ0v) is 15.7. The molecule has 148 valence electrons. The number of imidazole rings is 1. The Hall–Kier alpha value is -3.81. The van der Waals surface area contributed by atoms with Crippen LogP contribution in [0.3, 0.4) is 0 Å². The van der Waals surface area contributed by atoms with Gasteiger partial charge in [-0.15, -0.1) is 0 Å². The first-order chi connectivity index (χ1) is 14.1. The number of carbonyl (C=O) groups is 1. The first-order valence-electron chi connectivity index (χ1n) is 9.10. The molecule has 2 heterocycles. The molecule has 0 spiro atoms. The molecular weight excluding hydrogens is 373 g/mol. The molecule has 29 heavy (non-hydrogen) atoms. The van der Waals surface area contributed by atoms with Gasteiger partial charge in [-0.05, 0) is 36.2 Å². The number of benzene rings is 2. The summed E-state index contributed by atoms with van der Waals surface area (Å²) in [6.07, 6.45) is 3.05. The minimum atomic E-state index is -0.532. The highest BCUT2D eigenvalue weighted by atomic mass is 19.1. The Morgan fingerprint density at radius 2 is 1.97 bits per heavy atom. The average molecular weight is 393 g/mol. The van der Waals surface area contributed by atoms with E-state index in [4.69, 9.17) is 4.74 Å². The fourth-order valence-corrected chi connectivity index (χ4v) is 3.11. The molecule has 0 aliphatic carbocycles. The van der Waals surface area contributed by atoms with E-state index in [1.807, 2.05) is 48.5 Å². The van der Waals surface area contributed by atoms with Crippen LogP contribution in [0.2, 0.25) is 0 Å². The molecule has 8 heteroatoms. The number of hydrogen-bond donors (Lipinski definition) is 4. The molecule has 4 aromatic rings. The van der Waals surface area contributed by atoms with Gasteiger partial charge < -0.3 is 25.3 Å². The van der Waals surface area contributed by atoms with Gasteiger partial charge in [-0.3, -0.25) is 0 Å². The summed E-state index contributed by atoms with van der Waals surface area (Å²) in [5.41, 5.74) is 2.75. The lowest BCUT2D eigenvalue weighted by Crippen LogP contribution is -2.34. The van der Waals surface area contributed by atoms with Gasteiger partial charge in [0.2, 0.25) is 0 Å². The average Bonchev–Trinajstić information content (AvgIpc) is 3.34. The van der Waals surface area contributed by atoms with Crippen LogP contribution in [0.15, 0.2) is 60.9 Å². The fourth-order valence-electron chi connectivity index (χ4n) is 3.11. The van der Waals surface area contributed by atoms with Gasteiger partial charge in [-0.1, -0.05) is 24.3 Å². The Balaban J connectivity index is 1.58. The van der Waals surface area contributed by atoms with E-state index in [-0.39, 0.29) is 5.69 Å². The normalized spacial score (nSPS) is 11.9. The van der Waals surface area contributed by atoms with Crippen molar-refractivity contribution < 1.29 is 13.9 Å². The van der Waals surface area contributed by atoms with Crippen molar-refractivity contribution in [3.63, 3.8) is 0 Å². The van der Waals surface area contributed by atoms with E-state index < -0.39 is 17.9 Å². The Morgan fingerprint density at radius 1 is 1.17 bits per heavy atom. The summed E-state index contributed by atoms with van der Waals surface area (Å²) in [4.78, 5) is 23.0. The molecule has 0 saturated carbocycles. The topological polar surface area (TPSA) is 94.8 Å². The SMILES string of the molecule is COc1ccc(C[C@@H](NC(=O)Nc2c[nH]cc2F)c2nc3ccccc3[nH]2)cc1. The zero-order valence-electron chi connectivity index (χ0n) is 15.7. The molecule has 7 nitrogen and oxygen atoms in total. The monoisotopic (exact) mass is 393 g/mol. The Morgan fingerprint density at radius 3 is 2.66 bits per heavy atom. The molecule has 0 radical (unpaired) electrons. The van der Waals surface area contributed by atoms with Crippen LogP contribution in [0.1, 0.15) is 17.4 Å². The maximum absolute atomic E-state index is 13.6. The number of methoxy groups -OCH3 is 1. The summed E-state index contributed by atoms with van der Waals surface area (Å²) in [7, 11) is 1.61. The van der Waals surface area contributed by atoms with Crippen molar-refractivity contribution in [3.05, 3.63) is 78.1 Å². The van der Waals surface area contributed by atoms with Crippen LogP contribution >= 0.6 is 0 Å². The molecule has 4 rings (SSSR count). The summed E-state index contributed by atoms with van der Waals surface area (Å²) in [6.45, 7) is 0. The third kappa shape index (κ3) is 4.21. The molecule has 2 aromatic carbocycles. The third-order valence-corrected chi connectivity index (χ3v) is 4.59. The van der Waals surface area contributed by atoms with E-state index >= 15 is 0 Å². The smallest absolute Gasteiger partial charge is 0.319 e. The number of fused-ring (bicyclic) bond motifs is 1. The lowest BCUT2D eigenvalue weighted by molar-refractivity contribution is 0.248. The van der Waals surface area contributed by atoms with Crippen molar-refractivity contribution in [2.45, 2.75) is 12.5 Å². The van der Waals surface area contributed by atoms with Crippen LogP contribution < -0.4 is 15.4 Å². The molecule has 0 aliphatic rings. The molecule has 0 saturated heterocycles. The van der Waals surface area contributed by atoms with Gasteiger partial charge in [-0.25, -0.2) is 14.2 Å². The van der Waals surface area contributed by atoms with Crippen molar-refractivity contribution in [2.24, 2.45) is 0 Å². The van der Waals surface area contributed by atoms with Gasteiger partial charge >= 0.3 is 6.03 Å². The van der Waals surface area contributed by atoms with E-state index in [0.29, 0.717) is 12.2 Å². The second-order valence-electron chi connectivity index (χ2n) is 6.56. The highest BCUT2D eigenvalue weighted by Gasteiger charge is 2.20. The number of H-pyrrole nitrogens is 2. The van der Waals surface area contributed by atoms with Gasteiger partial charge in [0.05, 0.1) is 29.9 Å². The number of aromatic nitrogens is 3. The fraction of sp³-hybridized carbons (Fsp3) is 0.143. The highest BCUT2D eigenvalue weighted by Crippen LogP contribution is 2.22. The molecule has 2 amide bonds. The third-order valence-electron chi connectivity index (χ3n) is 4.59. The zero-order chi connectivity index (χ0) is 20.2. The number of amides is 2. The van der Waals surface area contributed by atoms with Gasteiger partial charge in [0.1, 0.15) is 11.6 Å². The Kier molecular flexibility index (Phi) is 5.15. The molecule has 4 N–H and O–H groups in total. The Labute approximate surface area is 166 Å². The van der Waals surface area contributed by atoms with Gasteiger partial charge in [-0.2, -0.15) is 0 Å². The van der Waals surface area contributed by atoms with E-state index in [9.17, 15) is 9.18 Å². The molecule has 0 aliphatic heterocycles. The summed E-state index contributed by atoms with van der Waals surface area (Å²) >= 11 is 0. The van der Waals surface area contributed by atoms with Crippen LogP contribution in [0.4, 0.5) is 14.9 Å². The largest absolute Gasteiger partial charge is 0.497 e. The lowest BCUT2D eigenvalue weighted by atomic mass is 10.1. The van der Waals surface area contributed by atoms with E-state index in [1.165, 1.54) is 12.4 Å². The van der Waals surface area contributed by atoms with Crippen molar-refractivity contribution in [3.8, 4) is 5.75 Å². The van der Waals surface area contributed by atoms with E-state index in [0.717, 1.165) is 22.3 Å². The van der Waals surface area contributed by atoms with Crippen LogP contribution in [-0.2, 0) is 6.42 Å². The maximum Gasteiger partial charge on any atom is 0.319 e. The quantitative estimate of drug-likeness (QED) is 0.396. The number of urea groups is 1. The molecular formula is C21H20FN5O2. The summed E-state index contributed by atoms with van der Waals surface area (Å²) in [5.74, 6) is 0.838.